The SMILES string of the molecule is O=C(C=Cc1ccccc1)Oc1cccc2cccc(OC(=O)c3ccccc3)c12. The van der Waals surface area contributed by atoms with Gasteiger partial charge in [-0.15, -0.1) is 0 Å². The van der Waals surface area contributed by atoms with Gasteiger partial charge >= 0.3 is 11.9 Å². The molecule has 0 fully saturated rings. The van der Waals surface area contributed by atoms with E-state index < -0.39 is 11.9 Å². The number of carbonyl (C=O) groups is 2. The normalized spacial score (nSPS) is 10.8. The van der Waals surface area contributed by atoms with Crippen molar-refractivity contribution in [3.8, 4) is 11.5 Å². The Morgan fingerprint density at radius 2 is 1.23 bits per heavy atom. The van der Waals surface area contributed by atoms with Crippen LogP contribution in [0.3, 0.4) is 0 Å². The predicted octanol–water partition coefficient (Wildman–Crippen LogP) is 5.68. The molecular weight excluding hydrogens is 376 g/mol. The zero-order valence-electron chi connectivity index (χ0n) is 16.0. The van der Waals surface area contributed by atoms with E-state index in [1.165, 1.54) is 6.08 Å². The third-order valence-corrected chi connectivity index (χ3v) is 4.46. The molecule has 4 rings (SSSR count). The van der Waals surface area contributed by atoms with Crippen LogP contribution in [0.15, 0.2) is 103 Å². The number of rotatable bonds is 5. The van der Waals surface area contributed by atoms with Gasteiger partial charge in [-0.3, -0.25) is 0 Å². The van der Waals surface area contributed by atoms with Gasteiger partial charge in [-0.25, -0.2) is 9.59 Å². The van der Waals surface area contributed by atoms with E-state index in [-0.39, 0.29) is 0 Å². The molecule has 0 heterocycles. The molecule has 30 heavy (non-hydrogen) atoms. The molecule has 4 aromatic carbocycles. The number of carbonyl (C=O) groups excluding carboxylic acids is 2. The Morgan fingerprint density at radius 3 is 1.90 bits per heavy atom. The van der Waals surface area contributed by atoms with E-state index in [9.17, 15) is 9.59 Å². The fourth-order valence-corrected chi connectivity index (χ4v) is 3.05. The van der Waals surface area contributed by atoms with Gasteiger partial charge in [0.1, 0.15) is 11.5 Å². The molecule has 4 heteroatoms. The van der Waals surface area contributed by atoms with Crippen LogP contribution in [-0.4, -0.2) is 11.9 Å². The van der Waals surface area contributed by atoms with Crippen LogP contribution in [0, 0.1) is 0 Å². The molecule has 0 unspecified atom stereocenters. The third-order valence-electron chi connectivity index (χ3n) is 4.46. The lowest BCUT2D eigenvalue weighted by Gasteiger charge is -2.11. The Hall–Kier alpha value is -4.18. The summed E-state index contributed by atoms with van der Waals surface area (Å²) in [4.78, 5) is 24.9. The van der Waals surface area contributed by atoms with Crippen molar-refractivity contribution < 1.29 is 19.1 Å². The maximum absolute atomic E-state index is 12.5. The molecule has 0 atom stereocenters. The monoisotopic (exact) mass is 394 g/mol. The van der Waals surface area contributed by atoms with Gasteiger partial charge in [-0.05, 0) is 41.3 Å². The number of benzene rings is 4. The minimum absolute atomic E-state index is 0.326. The topological polar surface area (TPSA) is 52.6 Å². The maximum atomic E-state index is 12.5. The predicted molar refractivity (Wildman–Crippen MR) is 116 cm³/mol. The molecule has 0 spiro atoms. The molecule has 0 aliphatic rings. The highest BCUT2D eigenvalue weighted by Crippen LogP contribution is 2.34. The van der Waals surface area contributed by atoms with Crippen molar-refractivity contribution >= 4 is 28.8 Å². The smallest absolute Gasteiger partial charge is 0.343 e. The van der Waals surface area contributed by atoms with Crippen LogP contribution in [0.1, 0.15) is 15.9 Å². The summed E-state index contributed by atoms with van der Waals surface area (Å²) >= 11 is 0. The maximum Gasteiger partial charge on any atom is 0.343 e. The number of esters is 2. The highest BCUT2D eigenvalue weighted by Gasteiger charge is 2.15. The van der Waals surface area contributed by atoms with Gasteiger partial charge in [0.2, 0.25) is 0 Å². The number of hydrogen-bond donors (Lipinski definition) is 0. The molecule has 4 nitrogen and oxygen atoms in total. The molecule has 0 saturated carbocycles. The number of ether oxygens (including phenoxy) is 2. The summed E-state index contributed by atoms with van der Waals surface area (Å²) in [6.45, 7) is 0. The van der Waals surface area contributed by atoms with Gasteiger partial charge in [0, 0.05) is 6.08 Å². The first-order chi connectivity index (χ1) is 14.7. The van der Waals surface area contributed by atoms with E-state index in [4.69, 9.17) is 9.47 Å². The van der Waals surface area contributed by atoms with Gasteiger partial charge in [0.25, 0.3) is 0 Å². The summed E-state index contributed by atoms with van der Waals surface area (Å²) in [5, 5.41) is 1.36. The summed E-state index contributed by atoms with van der Waals surface area (Å²) in [7, 11) is 0. The number of fused-ring (bicyclic) bond motifs is 1. The highest BCUT2D eigenvalue weighted by molar-refractivity contribution is 6.00. The molecule has 0 saturated heterocycles. The van der Waals surface area contributed by atoms with Crippen molar-refractivity contribution in [2.24, 2.45) is 0 Å². The standard InChI is InChI=1S/C26H18O4/c27-24(18-17-19-9-3-1-4-10-19)29-22-15-7-13-20-14-8-16-23(25(20)22)30-26(28)21-11-5-2-6-12-21/h1-18H. The summed E-state index contributed by atoms with van der Waals surface area (Å²) < 4.78 is 11.2. The molecule has 4 aromatic rings. The van der Waals surface area contributed by atoms with Crippen LogP contribution in [0.5, 0.6) is 11.5 Å². The van der Waals surface area contributed by atoms with Gasteiger partial charge in [-0.1, -0.05) is 72.8 Å². The molecular formula is C26H18O4. The molecule has 0 radical (unpaired) electrons. The first kappa shape index (κ1) is 19.2. The lowest BCUT2D eigenvalue weighted by atomic mass is 10.1. The quantitative estimate of drug-likeness (QED) is 0.248. The first-order valence-electron chi connectivity index (χ1n) is 9.44. The third kappa shape index (κ3) is 4.45. The largest absolute Gasteiger partial charge is 0.423 e. The molecule has 0 aliphatic carbocycles. The van der Waals surface area contributed by atoms with Crippen LogP contribution in [0.4, 0.5) is 0 Å². The molecule has 0 N–H and O–H groups in total. The summed E-state index contributed by atoms with van der Waals surface area (Å²) in [6, 6.07) is 28.9. The second-order valence-electron chi connectivity index (χ2n) is 6.53. The Kier molecular flexibility index (Phi) is 5.67. The zero-order chi connectivity index (χ0) is 20.8. The van der Waals surface area contributed by atoms with Crippen LogP contribution < -0.4 is 9.47 Å². The van der Waals surface area contributed by atoms with Crippen molar-refractivity contribution in [1.29, 1.82) is 0 Å². The van der Waals surface area contributed by atoms with E-state index in [1.807, 2.05) is 48.5 Å². The van der Waals surface area contributed by atoms with Crippen molar-refractivity contribution in [2.75, 3.05) is 0 Å². The van der Waals surface area contributed by atoms with Crippen molar-refractivity contribution in [1.82, 2.24) is 0 Å². The summed E-state index contributed by atoms with van der Waals surface area (Å²) in [6.07, 6.45) is 3.05. The highest BCUT2D eigenvalue weighted by atomic mass is 16.5. The zero-order valence-corrected chi connectivity index (χ0v) is 16.0. The van der Waals surface area contributed by atoms with E-state index in [1.54, 1.807) is 54.6 Å². The van der Waals surface area contributed by atoms with E-state index in [0.717, 1.165) is 10.9 Å². The van der Waals surface area contributed by atoms with Gasteiger partial charge in [0.15, 0.2) is 0 Å². The van der Waals surface area contributed by atoms with Gasteiger partial charge in [0.05, 0.1) is 10.9 Å². The lowest BCUT2D eigenvalue weighted by Crippen LogP contribution is -2.09. The second kappa shape index (κ2) is 8.88. The Balaban J connectivity index is 1.61. The van der Waals surface area contributed by atoms with Crippen LogP contribution >= 0.6 is 0 Å². The van der Waals surface area contributed by atoms with Crippen molar-refractivity contribution in [3.05, 3.63) is 114 Å². The fraction of sp³-hybridized carbons (Fsp3) is 0. The van der Waals surface area contributed by atoms with E-state index in [0.29, 0.717) is 22.4 Å². The van der Waals surface area contributed by atoms with Crippen LogP contribution in [0.25, 0.3) is 16.8 Å². The Bertz CT molecular complexity index is 1210. The Morgan fingerprint density at radius 1 is 0.633 bits per heavy atom. The molecule has 0 aromatic heterocycles. The number of hydrogen-bond acceptors (Lipinski definition) is 4. The van der Waals surface area contributed by atoms with E-state index in [2.05, 4.69) is 0 Å². The average Bonchev–Trinajstić information content (AvgIpc) is 2.79. The lowest BCUT2D eigenvalue weighted by molar-refractivity contribution is -0.128. The summed E-state index contributed by atoms with van der Waals surface area (Å²) in [5.74, 6) is -0.341. The first-order valence-corrected chi connectivity index (χ1v) is 9.44. The van der Waals surface area contributed by atoms with Crippen LogP contribution in [-0.2, 0) is 4.79 Å². The van der Waals surface area contributed by atoms with Gasteiger partial charge in [-0.2, -0.15) is 0 Å². The summed E-state index contributed by atoms with van der Waals surface area (Å²) in [5.41, 5.74) is 1.33. The minimum atomic E-state index is -0.518. The van der Waals surface area contributed by atoms with E-state index >= 15 is 0 Å². The minimum Gasteiger partial charge on any atom is -0.423 e. The average molecular weight is 394 g/mol. The molecule has 146 valence electrons. The molecule has 0 aliphatic heterocycles. The van der Waals surface area contributed by atoms with Crippen molar-refractivity contribution in [3.63, 3.8) is 0 Å². The molecule has 0 bridgehead atoms. The molecule has 0 amide bonds. The van der Waals surface area contributed by atoms with Crippen molar-refractivity contribution in [2.45, 2.75) is 0 Å². The second-order valence-corrected chi connectivity index (χ2v) is 6.53. The van der Waals surface area contributed by atoms with Crippen LogP contribution in [0.2, 0.25) is 0 Å². The van der Waals surface area contributed by atoms with Gasteiger partial charge < -0.3 is 9.47 Å². The fourth-order valence-electron chi connectivity index (χ4n) is 3.05. The Labute approximate surface area is 174 Å².